The molecule has 0 spiro atoms. The van der Waals surface area contributed by atoms with Gasteiger partial charge in [-0.25, -0.2) is 0 Å². The molecule has 0 radical (unpaired) electrons. The molecule has 1 fully saturated rings. The van der Waals surface area contributed by atoms with Gasteiger partial charge in [-0.1, -0.05) is 6.07 Å². The second kappa shape index (κ2) is 4.45. The first-order chi connectivity index (χ1) is 7.98. The molecule has 1 aromatic rings. The van der Waals surface area contributed by atoms with Gasteiger partial charge < -0.3 is 4.90 Å². The average Bonchev–Trinajstić information content (AvgIpc) is 2.26. The summed E-state index contributed by atoms with van der Waals surface area (Å²) in [5.74, 6) is 0.148. The number of nitrogens with one attached hydrogen (secondary N) is 1. The van der Waals surface area contributed by atoms with Crippen LogP contribution in [0.4, 0.5) is 0 Å². The van der Waals surface area contributed by atoms with Gasteiger partial charge in [-0.3, -0.25) is 15.1 Å². The van der Waals surface area contributed by atoms with Gasteiger partial charge in [-0.2, -0.15) is 0 Å². The Morgan fingerprint density at radius 3 is 2.94 bits per heavy atom. The molecular weight excluding hydrogens is 214 g/mol. The van der Waals surface area contributed by atoms with Crippen LogP contribution in [-0.2, 0) is 11.3 Å². The highest BCUT2D eigenvalue weighted by molar-refractivity contribution is 5.82. The molecule has 1 amide bonds. The second-order valence-electron chi connectivity index (χ2n) is 5.27. The minimum absolute atomic E-state index is 0.0396. The maximum absolute atomic E-state index is 12.1. The number of carbonyl (C=O) groups excluding carboxylic acids is 1. The summed E-state index contributed by atoms with van der Waals surface area (Å²) in [5, 5.41) is 3.31. The first kappa shape index (κ1) is 12.0. The van der Waals surface area contributed by atoms with E-state index < -0.39 is 0 Å². The van der Waals surface area contributed by atoms with Gasteiger partial charge in [0, 0.05) is 18.3 Å². The van der Waals surface area contributed by atoms with Crippen LogP contribution in [0.3, 0.4) is 0 Å². The van der Waals surface area contributed by atoms with E-state index in [4.69, 9.17) is 0 Å². The van der Waals surface area contributed by atoms with E-state index in [9.17, 15) is 4.79 Å². The van der Waals surface area contributed by atoms with E-state index in [1.54, 1.807) is 6.20 Å². The molecule has 4 nitrogen and oxygen atoms in total. The number of amides is 1. The van der Waals surface area contributed by atoms with Crippen LogP contribution in [0, 0.1) is 0 Å². The molecule has 2 heterocycles. The van der Waals surface area contributed by atoms with E-state index in [1.807, 2.05) is 30.0 Å². The van der Waals surface area contributed by atoms with Gasteiger partial charge in [0.15, 0.2) is 0 Å². The molecule has 2 rings (SSSR count). The van der Waals surface area contributed by atoms with E-state index in [0.29, 0.717) is 13.1 Å². The summed E-state index contributed by atoms with van der Waals surface area (Å²) >= 11 is 0. The maximum atomic E-state index is 12.1. The minimum Gasteiger partial charge on any atom is -0.334 e. The number of hydrogen-bond donors (Lipinski definition) is 1. The Morgan fingerprint density at radius 1 is 1.53 bits per heavy atom. The molecule has 1 saturated heterocycles. The highest BCUT2D eigenvalue weighted by Crippen LogP contribution is 2.16. The summed E-state index contributed by atoms with van der Waals surface area (Å²) in [4.78, 5) is 18.2. The second-order valence-corrected chi connectivity index (χ2v) is 5.27. The molecule has 1 N–H and O–H groups in total. The standard InChI is InChI=1S/C13H19N3O/c1-10-12(17)16(9-13(2,3)15-10)8-11-6-4-5-7-14-11/h4-7,10,15H,8-9H2,1-3H3. The lowest BCUT2D eigenvalue weighted by Crippen LogP contribution is -2.63. The molecule has 1 unspecified atom stereocenters. The van der Waals surface area contributed by atoms with Crippen LogP contribution in [0.5, 0.6) is 0 Å². The Balaban J connectivity index is 2.12. The highest BCUT2D eigenvalue weighted by atomic mass is 16.2. The first-order valence-electron chi connectivity index (χ1n) is 5.94. The van der Waals surface area contributed by atoms with E-state index in [0.717, 1.165) is 5.69 Å². The quantitative estimate of drug-likeness (QED) is 0.834. The summed E-state index contributed by atoms with van der Waals surface area (Å²) in [6.07, 6.45) is 1.76. The molecule has 0 aromatic carbocycles. The van der Waals surface area contributed by atoms with E-state index in [2.05, 4.69) is 24.1 Å². The predicted octanol–water partition coefficient (Wildman–Crippen LogP) is 1.18. The van der Waals surface area contributed by atoms with Crippen molar-refractivity contribution in [2.24, 2.45) is 0 Å². The van der Waals surface area contributed by atoms with Crippen molar-refractivity contribution in [2.45, 2.75) is 38.9 Å². The van der Waals surface area contributed by atoms with Crippen molar-refractivity contribution in [1.82, 2.24) is 15.2 Å². The van der Waals surface area contributed by atoms with Gasteiger partial charge in [0.05, 0.1) is 18.3 Å². The van der Waals surface area contributed by atoms with Crippen LogP contribution in [0.1, 0.15) is 26.5 Å². The van der Waals surface area contributed by atoms with Gasteiger partial charge in [0.25, 0.3) is 0 Å². The lowest BCUT2D eigenvalue weighted by Gasteiger charge is -2.42. The van der Waals surface area contributed by atoms with Crippen LogP contribution in [-0.4, -0.2) is 33.9 Å². The maximum Gasteiger partial charge on any atom is 0.239 e. The number of pyridine rings is 1. The van der Waals surface area contributed by atoms with Crippen LogP contribution in [0.2, 0.25) is 0 Å². The molecular formula is C13H19N3O. The zero-order valence-corrected chi connectivity index (χ0v) is 10.6. The normalized spacial score (nSPS) is 23.8. The summed E-state index contributed by atoms with van der Waals surface area (Å²) in [5.41, 5.74) is 0.896. The summed E-state index contributed by atoms with van der Waals surface area (Å²) in [6, 6.07) is 5.66. The Bertz CT molecular complexity index is 402. The van der Waals surface area contributed by atoms with Crippen LogP contribution >= 0.6 is 0 Å². The monoisotopic (exact) mass is 233 g/mol. The fraction of sp³-hybridized carbons (Fsp3) is 0.538. The molecule has 0 saturated carbocycles. The molecule has 17 heavy (non-hydrogen) atoms. The predicted molar refractivity (Wildman–Crippen MR) is 66.3 cm³/mol. The Hall–Kier alpha value is -1.42. The first-order valence-corrected chi connectivity index (χ1v) is 5.94. The summed E-state index contributed by atoms with van der Waals surface area (Å²) in [7, 11) is 0. The highest BCUT2D eigenvalue weighted by Gasteiger charge is 2.35. The SMILES string of the molecule is CC1NC(C)(C)CN(Cc2ccccn2)C1=O. The molecule has 1 aliphatic heterocycles. The Morgan fingerprint density at radius 2 is 2.29 bits per heavy atom. The van der Waals surface area contributed by atoms with Crippen LogP contribution < -0.4 is 5.32 Å². The molecule has 1 atom stereocenters. The van der Waals surface area contributed by atoms with Crippen molar-refractivity contribution in [3.05, 3.63) is 30.1 Å². The van der Waals surface area contributed by atoms with E-state index >= 15 is 0 Å². The topological polar surface area (TPSA) is 45.2 Å². The third kappa shape index (κ3) is 2.82. The third-order valence-corrected chi connectivity index (χ3v) is 2.95. The Kier molecular flexibility index (Phi) is 3.15. The van der Waals surface area contributed by atoms with Crippen molar-refractivity contribution >= 4 is 5.91 Å². The summed E-state index contributed by atoms with van der Waals surface area (Å²) < 4.78 is 0. The molecule has 1 aliphatic rings. The van der Waals surface area contributed by atoms with E-state index in [1.165, 1.54) is 0 Å². The van der Waals surface area contributed by atoms with Gasteiger partial charge >= 0.3 is 0 Å². The van der Waals surface area contributed by atoms with Crippen molar-refractivity contribution in [3.63, 3.8) is 0 Å². The van der Waals surface area contributed by atoms with Crippen LogP contribution in [0.25, 0.3) is 0 Å². The third-order valence-electron chi connectivity index (χ3n) is 2.95. The van der Waals surface area contributed by atoms with Crippen LogP contribution in [0.15, 0.2) is 24.4 Å². The van der Waals surface area contributed by atoms with E-state index in [-0.39, 0.29) is 17.5 Å². The number of nitrogens with zero attached hydrogens (tertiary/aromatic N) is 2. The Labute approximate surface area is 102 Å². The number of hydrogen-bond acceptors (Lipinski definition) is 3. The largest absolute Gasteiger partial charge is 0.334 e. The lowest BCUT2D eigenvalue weighted by molar-refractivity contribution is -0.138. The molecule has 1 aromatic heterocycles. The molecule has 4 heteroatoms. The van der Waals surface area contributed by atoms with Gasteiger partial charge in [-0.05, 0) is 32.9 Å². The number of carbonyl (C=O) groups is 1. The number of piperazine rings is 1. The number of rotatable bonds is 2. The summed E-state index contributed by atoms with van der Waals surface area (Å²) in [6.45, 7) is 7.44. The minimum atomic E-state index is -0.123. The zero-order valence-electron chi connectivity index (χ0n) is 10.6. The lowest BCUT2D eigenvalue weighted by atomic mass is 9.98. The fourth-order valence-corrected chi connectivity index (χ4v) is 2.34. The average molecular weight is 233 g/mol. The van der Waals surface area contributed by atoms with Gasteiger partial charge in [0.1, 0.15) is 0 Å². The van der Waals surface area contributed by atoms with Gasteiger partial charge in [-0.15, -0.1) is 0 Å². The van der Waals surface area contributed by atoms with Crippen molar-refractivity contribution in [1.29, 1.82) is 0 Å². The van der Waals surface area contributed by atoms with Crippen molar-refractivity contribution in [2.75, 3.05) is 6.54 Å². The zero-order chi connectivity index (χ0) is 12.5. The smallest absolute Gasteiger partial charge is 0.239 e. The fourth-order valence-electron chi connectivity index (χ4n) is 2.34. The number of aromatic nitrogens is 1. The van der Waals surface area contributed by atoms with Crippen molar-refractivity contribution in [3.8, 4) is 0 Å². The molecule has 0 aliphatic carbocycles. The molecule has 0 bridgehead atoms. The van der Waals surface area contributed by atoms with Gasteiger partial charge in [0.2, 0.25) is 5.91 Å². The van der Waals surface area contributed by atoms with Crippen molar-refractivity contribution < 1.29 is 4.79 Å². The molecule has 92 valence electrons.